The molecule has 138 valence electrons. The number of Topliss-reactive ketones (excluding diaryl/α,β-unsaturated/α-hetero) is 1. The molecule has 1 aromatic heterocycles. The lowest BCUT2D eigenvalue weighted by Gasteiger charge is -2.16. The molecule has 0 spiro atoms. The molecule has 0 radical (unpaired) electrons. The number of fused-ring (bicyclic) bond motifs is 1. The van der Waals surface area contributed by atoms with Gasteiger partial charge in [-0.2, -0.15) is 0 Å². The largest absolute Gasteiger partial charge is 0.464 e. The van der Waals surface area contributed by atoms with Gasteiger partial charge in [0, 0.05) is 36.2 Å². The summed E-state index contributed by atoms with van der Waals surface area (Å²) in [6, 6.07) is 14.5. The van der Waals surface area contributed by atoms with E-state index in [1.165, 1.54) is 17.9 Å². The molecule has 5 heteroatoms. The highest BCUT2D eigenvalue weighted by molar-refractivity contribution is 6.30. The van der Waals surface area contributed by atoms with Crippen molar-refractivity contribution in [1.82, 2.24) is 4.90 Å². The summed E-state index contributed by atoms with van der Waals surface area (Å²) in [6.07, 6.45) is 2.89. The maximum Gasteiger partial charge on any atom is 0.192 e. The highest BCUT2D eigenvalue weighted by atomic mass is 35.5. The first kappa shape index (κ1) is 18.0. The number of nitrogens with zero attached hydrogens (tertiary/aromatic N) is 1. The Hall–Kier alpha value is -2.43. The van der Waals surface area contributed by atoms with Crippen LogP contribution in [-0.4, -0.2) is 30.3 Å². The second kappa shape index (κ2) is 7.67. The van der Waals surface area contributed by atoms with Crippen LogP contribution in [0, 0.1) is 0 Å². The van der Waals surface area contributed by atoms with E-state index in [4.69, 9.17) is 16.0 Å². The molecule has 1 unspecified atom stereocenters. The van der Waals surface area contributed by atoms with Crippen LogP contribution in [0.4, 0.5) is 0 Å². The van der Waals surface area contributed by atoms with E-state index < -0.39 is 0 Å². The van der Waals surface area contributed by atoms with E-state index in [0.717, 1.165) is 31.1 Å². The Bertz CT molecular complexity index is 1040. The molecule has 1 atom stereocenters. The minimum atomic E-state index is -0.0978. The molecule has 1 fully saturated rings. The number of likely N-dealkylation sites (tertiary alicyclic amines) is 1. The first-order valence-electron chi connectivity index (χ1n) is 9.13. The summed E-state index contributed by atoms with van der Waals surface area (Å²) in [5.74, 6) is 0.531. The quantitative estimate of drug-likeness (QED) is 0.610. The van der Waals surface area contributed by atoms with Crippen molar-refractivity contribution in [2.45, 2.75) is 18.8 Å². The monoisotopic (exact) mass is 381 g/mol. The van der Waals surface area contributed by atoms with Gasteiger partial charge in [0.05, 0.1) is 11.6 Å². The van der Waals surface area contributed by atoms with Crippen molar-refractivity contribution < 1.29 is 9.21 Å². The van der Waals surface area contributed by atoms with E-state index in [0.29, 0.717) is 28.9 Å². The van der Waals surface area contributed by atoms with Crippen molar-refractivity contribution in [3.8, 4) is 0 Å². The number of rotatable bonds is 5. The normalized spacial score (nSPS) is 17.4. The lowest BCUT2D eigenvalue weighted by molar-refractivity contribution is 0.0968. The Labute approximate surface area is 162 Å². The minimum absolute atomic E-state index is 0.0645. The highest BCUT2D eigenvalue weighted by Gasteiger charge is 2.24. The van der Waals surface area contributed by atoms with Crippen LogP contribution < -0.4 is 5.43 Å². The lowest BCUT2D eigenvalue weighted by atomic mass is 9.99. The SMILES string of the molecule is O=C(CCN1CCC(c2cccc(Cl)c2)C1)c1ccc2c(=O)ccoc2c1. The van der Waals surface area contributed by atoms with E-state index in [2.05, 4.69) is 11.0 Å². The summed E-state index contributed by atoms with van der Waals surface area (Å²) in [7, 11) is 0. The van der Waals surface area contributed by atoms with Crippen molar-refractivity contribution in [3.05, 3.63) is 81.2 Å². The van der Waals surface area contributed by atoms with Gasteiger partial charge in [-0.25, -0.2) is 0 Å². The molecule has 1 aliphatic heterocycles. The number of carbonyl (C=O) groups is 1. The Morgan fingerprint density at radius 1 is 1.19 bits per heavy atom. The molecule has 2 heterocycles. The molecule has 0 saturated carbocycles. The first-order valence-corrected chi connectivity index (χ1v) is 9.50. The molecule has 0 N–H and O–H groups in total. The fourth-order valence-corrected chi connectivity index (χ4v) is 3.93. The van der Waals surface area contributed by atoms with Crippen LogP contribution in [-0.2, 0) is 0 Å². The van der Waals surface area contributed by atoms with E-state index in [1.807, 2.05) is 18.2 Å². The number of ketones is 1. The molecule has 3 aromatic rings. The second-order valence-corrected chi connectivity index (χ2v) is 7.45. The number of carbonyl (C=O) groups excluding carboxylic acids is 1. The summed E-state index contributed by atoms with van der Waals surface area (Å²) in [5, 5.41) is 1.27. The lowest BCUT2D eigenvalue weighted by Crippen LogP contribution is -2.23. The predicted octanol–water partition coefficient (Wildman–Crippen LogP) is 4.51. The summed E-state index contributed by atoms with van der Waals surface area (Å²) >= 11 is 6.10. The van der Waals surface area contributed by atoms with Crippen molar-refractivity contribution in [3.63, 3.8) is 0 Å². The number of halogens is 1. The van der Waals surface area contributed by atoms with Gasteiger partial charge in [-0.15, -0.1) is 0 Å². The van der Waals surface area contributed by atoms with Gasteiger partial charge < -0.3 is 9.32 Å². The molecule has 0 bridgehead atoms. The van der Waals surface area contributed by atoms with Crippen molar-refractivity contribution >= 4 is 28.4 Å². The van der Waals surface area contributed by atoms with E-state index >= 15 is 0 Å². The fraction of sp³-hybridized carbons (Fsp3) is 0.273. The van der Waals surface area contributed by atoms with E-state index in [1.54, 1.807) is 18.2 Å². The maximum atomic E-state index is 12.6. The number of hydrogen-bond donors (Lipinski definition) is 0. The third-order valence-electron chi connectivity index (χ3n) is 5.23. The third-order valence-corrected chi connectivity index (χ3v) is 5.47. The first-order chi connectivity index (χ1) is 13.1. The van der Waals surface area contributed by atoms with Gasteiger partial charge in [-0.05, 0) is 48.7 Å². The molecular formula is C22H20ClNO3. The van der Waals surface area contributed by atoms with Gasteiger partial charge in [0.25, 0.3) is 0 Å². The van der Waals surface area contributed by atoms with Crippen LogP contribution in [0.15, 0.2) is 64.0 Å². The minimum Gasteiger partial charge on any atom is -0.464 e. The van der Waals surface area contributed by atoms with Crippen molar-refractivity contribution in [2.24, 2.45) is 0 Å². The van der Waals surface area contributed by atoms with Gasteiger partial charge >= 0.3 is 0 Å². The van der Waals surface area contributed by atoms with Crippen LogP contribution in [0.3, 0.4) is 0 Å². The highest BCUT2D eigenvalue weighted by Crippen LogP contribution is 2.28. The number of hydrogen-bond acceptors (Lipinski definition) is 4. The smallest absolute Gasteiger partial charge is 0.192 e. The summed E-state index contributed by atoms with van der Waals surface area (Å²) in [4.78, 5) is 26.7. The zero-order valence-corrected chi connectivity index (χ0v) is 15.6. The van der Waals surface area contributed by atoms with E-state index in [-0.39, 0.29) is 11.2 Å². The fourth-order valence-electron chi connectivity index (χ4n) is 3.73. The number of benzene rings is 2. The zero-order chi connectivity index (χ0) is 18.8. The van der Waals surface area contributed by atoms with Gasteiger partial charge in [0.2, 0.25) is 0 Å². The van der Waals surface area contributed by atoms with Gasteiger partial charge in [-0.3, -0.25) is 9.59 Å². The summed E-state index contributed by atoms with van der Waals surface area (Å²) in [5.41, 5.74) is 2.21. The molecule has 27 heavy (non-hydrogen) atoms. The van der Waals surface area contributed by atoms with Crippen LogP contribution in [0.25, 0.3) is 11.0 Å². The molecule has 1 aliphatic rings. The maximum absolute atomic E-state index is 12.6. The zero-order valence-electron chi connectivity index (χ0n) is 14.9. The van der Waals surface area contributed by atoms with Crippen LogP contribution in [0.1, 0.15) is 34.7 Å². The molecule has 4 nitrogen and oxygen atoms in total. The van der Waals surface area contributed by atoms with Crippen LogP contribution in [0.2, 0.25) is 5.02 Å². The molecule has 1 saturated heterocycles. The van der Waals surface area contributed by atoms with Crippen molar-refractivity contribution in [2.75, 3.05) is 19.6 Å². The van der Waals surface area contributed by atoms with Gasteiger partial charge in [-0.1, -0.05) is 29.8 Å². The molecule has 2 aromatic carbocycles. The third kappa shape index (κ3) is 3.97. The standard InChI is InChI=1S/C22H20ClNO3/c23-18-3-1-2-15(12-18)17-6-9-24(14-17)10-7-20(25)16-4-5-19-21(26)8-11-27-22(19)13-16/h1-5,8,11-13,17H,6-7,9-10,14H2. The Morgan fingerprint density at radius 2 is 2.07 bits per heavy atom. The second-order valence-electron chi connectivity index (χ2n) is 7.01. The van der Waals surface area contributed by atoms with Gasteiger partial charge in [0.15, 0.2) is 11.2 Å². The average Bonchev–Trinajstić information content (AvgIpc) is 3.15. The van der Waals surface area contributed by atoms with E-state index in [9.17, 15) is 9.59 Å². The Morgan fingerprint density at radius 3 is 2.93 bits per heavy atom. The summed E-state index contributed by atoms with van der Waals surface area (Å²) in [6.45, 7) is 2.66. The predicted molar refractivity (Wildman–Crippen MR) is 107 cm³/mol. The van der Waals surface area contributed by atoms with Gasteiger partial charge in [0.1, 0.15) is 5.58 Å². The Balaban J connectivity index is 1.38. The molecule has 4 rings (SSSR count). The Kier molecular flexibility index (Phi) is 5.10. The average molecular weight is 382 g/mol. The van der Waals surface area contributed by atoms with Crippen LogP contribution in [0.5, 0.6) is 0 Å². The van der Waals surface area contributed by atoms with Crippen LogP contribution >= 0.6 is 11.6 Å². The van der Waals surface area contributed by atoms with Crippen molar-refractivity contribution in [1.29, 1.82) is 0 Å². The topological polar surface area (TPSA) is 50.5 Å². The molecule has 0 amide bonds. The summed E-state index contributed by atoms with van der Waals surface area (Å²) < 4.78 is 5.36. The molecular weight excluding hydrogens is 362 g/mol. The molecule has 0 aliphatic carbocycles.